The van der Waals surface area contributed by atoms with Gasteiger partial charge in [0, 0.05) is 19.6 Å². The Kier molecular flexibility index (Phi) is 3.58. The predicted molar refractivity (Wildman–Crippen MR) is 64.0 cm³/mol. The summed E-state index contributed by atoms with van der Waals surface area (Å²) in [6.07, 6.45) is 0. The molecule has 0 bridgehead atoms. The van der Waals surface area contributed by atoms with Crippen LogP contribution in [0.4, 0.5) is 4.39 Å². The van der Waals surface area contributed by atoms with E-state index in [1.165, 1.54) is 12.1 Å². The second-order valence-corrected chi connectivity index (χ2v) is 4.40. The third kappa shape index (κ3) is 2.66. The Morgan fingerprint density at radius 1 is 1.56 bits per heavy atom. The van der Waals surface area contributed by atoms with Crippen molar-refractivity contribution in [1.29, 1.82) is 5.26 Å². The SMILES string of the molecule is CC1C(=O)NCCN1Cc1cc(F)cc(C#N)c1. The van der Waals surface area contributed by atoms with Gasteiger partial charge >= 0.3 is 0 Å². The number of carbonyl (C=O) groups excluding carboxylic acids is 1. The molecule has 18 heavy (non-hydrogen) atoms. The molecule has 1 saturated heterocycles. The minimum atomic E-state index is -0.418. The van der Waals surface area contributed by atoms with Gasteiger partial charge < -0.3 is 5.32 Å². The summed E-state index contributed by atoms with van der Waals surface area (Å²) < 4.78 is 13.3. The number of nitrogens with zero attached hydrogens (tertiary/aromatic N) is 2. The van der Waals surface area contributed by atoms with Crippen molar-refractivity contribution in [2.75, 3.05) is 13.1 Å². The van der Waals surface area contributed by atoms with Crippen LogP contribution in [-0.4, -0.2) is 29.9 Å². The zero-order valence-electron chi connectivity index (χ0n) is 10.1. The van der Waals surface area contributed by atoms with Crippen LogP contribution in [0.25, 0.3) is 0 Å². The topological polar surface area (TPSA) is 56.1 Å². The van der Waals surface area contributed by atoms with Crippen molar-refractivity contribution >= 4 is 5.91 Å². The van der Waals surface area contributed by atoms with Gasteiger partial charge in [0.15, 0.2) is 0 Å². The van der Waals surface area contributed by atoms with E-state index < -0.39 is 5.82 Å². The van der Waals surface area contributed by atoms with Crippen molar-refractivity contribution in [3.05, 3.63) is 35.1 Å². The molecule has 0 aromatic heterocycles. The number of carbonyl (C=O) groups is 1. The van der Waals surface area contributed by atoms with Gasteiger partial charge in [0.2, 0.25) is 5.91 Å². The van der Waals surface area contributed by atoms with Gasteiger partial charge in [0.25, 0.3) is 0 Å². The number of hydrogen-bond acceptors (Lipinski definition) is 3. The fourth-order valence-corrected chi connectivity index (χ4v) is 2.09. The van der Waals surface area contributed by atoms with E-state index in [-0.39, 0.29) is 11.9 Å². The average molecular weight is 247 g/mol. The lowest BCUT2D eigenvalue weighted by Gasteiger charge is -2.32. The minimum Gasteiger partial charge on any atom is -0.353 e. The van der Waals surface area contributed by atoms with Crippen LogP contribution < -0.4 is 5.32 Å². The fourth-order valence-electron chi connectivity index (χ4n) is 2.09. The standard InChI is InChI=1S/C13H14FN3O/c1-9-13(18)16-2-3-17(9)8-11-4-10(7-15)5-12(14)6-11/h4-6,9H,2-3,8H2,1H3,(H,16,18). The summed E-state index contributed by atoms with van der Waals surface area (Å²) in [5, 5.41) is 11.6. The first-order valence-electron chi connectivity index (χ1n) is 5.81. The predicted octanol–water partition coefficient (Wildman–Crippen LogP) is 1.02. The van der Waals surface area contributed by atoms with Gasteiger partial charge in [-0.1, -0.05) is 0 Å². The Balaban J connectivity index is 2.16. The molecule has 1 aromatic carbocycles. The molecule has 94 valence electrons. The highest BCUT2D eigenvalue weighted by Gasteiger charge is 2.25. The zero-order valence-corrected chi connectivity index (χ0v) is 10.1. The van der Waals surface area contributed by atoms with Crippen molar-refractivity contribution in [3.63, 3.8) is 0 Å². The molecule has 5 heteroatoms. The first-order chi connectivity index (χ1) is 8.60. The van der Waals surface area contributed by atoms with Crippen molar-refractivity contribution in [2.45, 2.75) is 19.5 Å². The maximum absolute atomic E-state index is 13.3. The van der Waals surface area contributed by atoms with Gasteiger partial charge in [0.05, 0.1) is 17.7 Å². The number of piperazine rings is 1. The van der Waals surface area contributed by atoms with E-state index in [9.17, 15) is 9.18 Å². The van der Waals surface area contributed by atoms with Crippen molar-refractivity contribution in [1.82, 2.24) is 10.2 Å². The monoisotopic (exact) mass is 247 g/mol. The van der Waals surface area contributed by atoms with E-state index in [0.29, 0.717) is 24.2 Å². The largest absolute Gasteiger partial charge is 0.353 e. The van der Waals surface area contributed by atoms with Crippen molar-refractivity contribution < 1.29 is 9.18 Å². The zero-order chi connectivity index (χ0) is 13.1. The molecule has 1 unspecified atom stereocenters. The summed E-state index contributed by atoms with van der Waals surface area (Å²) in [5.74, 6) is -0.434. The Bertz CT molecular complexity index is 509. The van der Waals surface area contributed by atoms with Crippen LogP contribution in [-0.2, 0) is 11.3 Å². The maximum Gasteiger partial charge on any atom is 0.237 e. The molecule has 0 aliphatic carbocycles. The molecule has 1 aromatic rings. The lowest BCUT2D eigenvalue weighted by atomic mass is 10.1. The Morgan fingerprint density at radius 3 is 3.06 bits per heavy atom. The van der Waals surface area contributed by atoms with Crippen LogP contribution in [0.3, 0.4) is 0 Å². The molecule has 2 rings (SSSR count). The summed E-state index contributed by atoms with van der Waals surface area (Å²) in [7, 11) is 0. The fraction of sp³-hybridized carbons (Fsp3) is 0.385. The second kappa shape index (κ2) is 5.15. The average Bonchev–Trinajstić information content (AvgIpc) is 2.34. The van der Waals surface area contributed by atoms with Gasteiger partial charge in [-0.3, -0.25) is 9.69 Å². The molecule has 1 atom stereocenters. The number of halogens is 1. The lowest BCUT2D eigenvalue weighted by molar-refractivity contribution is -0.128. The third-order valence-electron chi connectivity index (χ3n) is 3.10. The summed E-state index contributed by atoms with van der Waals surface area (Å²) in [4.78, 5) is 13.5. The number of benzene rings is 1. The van der Waals surface area contributed by atoms with Gasteiger partial charge in [0.1, 0.15) is 5.82 Å². The van der Waals surface area contributed by atoms with E-state index in [1.807, 2.05) is 17.9 Å². The molecular formula is C13H14FN3O. The molecule has 4 nitrogen and oxygen atoms in total. The van der Waals surface area contributed by atoms with E-state index in [2.05, 4.69) is 5.32 Å². The summed E-state index contributed by atoms with van der Waals surface area (Å²) in [6.45, 7) is 3.62. The van der Waals surface area contributed by atoms with Crippen LogP contribution in [0.1, 0.15) is 18.1 Å². The smallest absolute Gasteiger partial charge is 0.237 e. The van der Waals surface area contributed by atoms with Crippen LogP contribution in [0.15, 0.2) is 18.2 Å². The number of rotatable bonds is 2. The molecule has 1 heterocycles. The van der Waals surface area contributed by atoms with Crippen LogP contribution >= 0.6 is 0 Å². The molecule has 1 N–H and O–H groups in total. The molecule has 0 spiro atoms. The van der Waals surface area contributed by atoms with Gasteiger partial charge in [-0.15, -0.1) is 0 Å². The number of nitrogens with one attached hydrogen (secondary N) is 1. The quantitative estimate of drug-likeness (QED) is 0.848. The van der Waals surface area contributed by atoms with E-state index in [4.69, 9.17) is 5.26 Å². The van der Waals surface area contributed by atoms with Crippen LogP contribution in [0.2, 0.25) is 0 Å². The molecule has 0 saturated carbocycles. The van der Waals surface area contributed by atoms with E-state index in [0.717, 1.165) is 6.54 Å². The van der Waals surface area contributed by atoms with E-state index >= 15 is 0 Å². The van der Waals surface area contributed by atoms with Crippen molar-refractivity contribution in [3.8, 4) is 6.07 Å². The van der Waals surface area contributed by atoms with Gasteiger partial charge in [-0.05, 0) is 30.7 Å². The van der Waals surface area contributed by atoms with Crippen LogP contribution in [0, 0.1) is 17.1 Å². The number of amides is 1. The Labute approximate surface area is 105 Å². The number of nitriles is 1. The Morgan fingerprint density at radius 2 is 2.33 bits per heavy atom. The molecule has 1 amide bonds. The minimum absolute atomic E-state index is 0.0156. The van der Waals surface area contributed by atoms with Crippen molar-refractivity contribution in [2.24, 2.45) is 0 Å². The summed E-state index contributed by atoms with van der Waals surface area (Å²) in [5.41, 5.74) is 1.02. The third-order valence-corrected chi connectivity index (χ3v) is 3.10. The molecule has 1 fully saturated rings. The highest BCUT2D eigenvalue weighted by Crippen LogP contribution is 2.14. The lowest BCUT2D eigenvalue weighted by Crippen LogP contribution is -2.53. The van der Waals surface area contributed by atoms with E-state index in [1.54, 1.807) is 6.07 Å². The summed E-state index contributed by atoms with van der Waals surface area (Å²) >= 11 is 0. The molecular weight excluding hydrogens is 233 g/mol. The molecule has 1 aliphatic heterocycles. The molecule has 1 aliphatic rings. The van der Waals surface area contributed by atoms with Gasteiger partial charge in [-0.25, -0.2) is 4.39 Å². The maximum atomic E-state index is 13.3. The van der Waals surface area contributed by atoms with Crippen LogP contribution in [0.5, 0.6) is 0 Å². The highest BCUT2D eigenvalue weighted by molar-refractivity contribution is 5.81. The number of hydrogen-bond donors (Lipinski definition) is 1. The Hall–Kier alpha value is -1.93. The van der Waals surface area contributed by atoms with Gasteiger partial charge in [-0.2, -0.15) is 5.26 Å². The summed E-state index contributed by atoms with van der Waals surface area (Å²) in [6, 6.07) is 5.96. The highest BCUT2D eigenvalue weighted by atomic mass is 19.1. The molecule has 0 radical (unpaired) electrons. The second-order valence-electron chi connectivity index (χ2n) is 4.40. The first kappa shape index (κ1) is 12.5. The normalized spacial score (nSPS) is 20.3. The first-order valence-corrected chi connectivity index (χ1v) is 5.81.